The maximum atomic E-state index is 12.5. The van der Waals surface area contributed by atoms with E-state index in [0.717, 1.165) is 0 Å². The molecule has 3 rings (SSSR count). The molecule has 0 aliphatic heterocycles. The van der Waals surface area contributed by atoms with Crippen molar-refractivity contribution in [2.45, 2.75) is 0 Å². The number of aromatic nitrogens is 2. The number of anilines is 1. The summed E-state index contributed by atoms with van der Waals surface area (Å²) >= 11 is 5.87. The lowest BCUT2D eigenvalue weighted by Gasteiger charge is -2.06. The van der Waals surface area contributed by atoms with Gasteiger partial charge < -0.3 is 10.1 Å². The fourth-order valence-electron chi connectivity index (χ4n) is 2.14. The van der Waals surface area contributed by atoms with Crippen LogP contribution in [0.2, 0.25) is 5.02 Å². The highest BCUT2D eigenvalue weighted by molar-refractivity contribution is 6.30. The minimum absolute atomic E-state index is 0.231. The molecule has 0 aliphatic carbocycles. The van der Waals surface area contributed by atoms with Gasteiger partial charge in [0, 0.05) is 10.7 Å². The predicted octanol–water partition coefficient (Wildman–Crippen LogP) is 2.84. The highest BCUT2D eigenvalue weighted by Gasteiger charge is 2.15. The highest BCUT2D eigenvalue weighted by Crippen LogP contribution is 2.17. The van der Waals surface area contributed by atoms with Crippen molar-refractivity contribution in [1.82, 2.24) is 10.2 Å². The van der Waals surface area contributed by atoms with Crippen LogP contribution >= 0.6 is 11.6 Å². The van der Waals surface area contributed by atoms with Crippen LogP contribution in [-0.4, -0.2) is 23.2 Å². The minimum atomic E-state index is -0.613. The van der Waals surface area contributed by atoms with Gasteiger partial charge in [-0.15, -0.1) is 0 Å². The van der Waals surface area contributed by atoms with E-state index in [0.29, 0.717) is 27.4 Å². The molecule has 2 N–H and O–H groups in total. The second kappa shape index (κ2) is 6.10. The van der Waals surface area contributed by atoms with Crippen molar-refractivity contribution in [3.05, 3.63) is 63.4 Å². The van der Waals surface area contributed by atoms with Crippen LogP contribution in [0.3, 0.4) is 0 Å². The Morgan fingerprint density at radius 3 is 2.83 bits per heavy atom. The Kier molecular flexibility index (Phi) is 3.99. The lowest BCUT2D eigenvalue weighted by molar-refractivity contribution is 0.102. The molecule has 1 aromatic heterocycles. The number of rotatable bonds is 3. The van der Waals surface area contributed by atoms with Gasteiger partial charge in [-0.2, -0.15) is 5.10 Å². The first kappa shape index (κ1) is 15.1. The molecule has 0 saturated carbocycles. The first-order valence-corrected chi connectivity index (χ1v) is 7.09. The largest absolute Gasteiger partial charge is 0.497 e. The molecule has 2 aromatic carbocycles. The normalized spacial score (nSPS) is 10.5. The van der Waals surface area contributed by atoms with Gasteiger partial charge in [-0.3, -0.25) is 14.7 Å². The van der Waals surface area contributed by atoms with Crippen LogP contribution in [0.1, 0.15) is 10.5 Å². The average Bonchev–Trinajstić information content (AvgIpc) is 2.55. The number of hydrogen-bond acceptors (Lipinski definition) is 4. The zero-order chi connectivity index (χ0) is 16.4. The van der Waals surface area contributed by atoms with Gasteiger partial charge in [0.2, 0.25) is 5.43 Å². The number of methoxy groups -OCH3 is 1. The smallest absolute Gasteiger partial charge is 0.280 e. The minimum Gasteiger partial charge on any atom is -0.497 e. The van der Waals surface area contributed by atoms with E-state index < -0.39 is 11.3 Å². The van der Waals surface area contributed by atoms with Gasteiger partial charge >= 0.3 is 0 Å². The predicted molar refractivity (Wildman–Crippen MR) is 88.3 cm³/mol. The lowest BCUT2D eigenvalue weighted by atomic mass is 10.2. The van der Waals surface area contributed by atoms with Gasteiger partial charge in [0.25, 0.3) is 5.91 Å². The third-order valence-corrected chi connectivity index (χ3v) is 3.51. The zero-order valence-corrected chi connectivity index (χ0v) is 12.8. The van der Waals surface area contributed by atoms with Crippen molar-refractivity contribution in [1.29, 1.82) is 0 Å². The van der Waals surface area contributed by atoms with Crippen molar-refractivity contribution in [3.63, 3.8) is 0 Å². The molecule has 7 heteroatoms. The Morgan fingerprint density at radius 1 is 1.26 bits per heavy atom. The first-order chi connectivity index (χ1) is 11.1. The zero-order valence-electron chi connectivity index (χ0n) is 12.1. The molecule has 116 valence electrons. The number of fused-ring (bicyclic) bond motifs is 1. The van der Waals surface area contributed by atoms with Crippen LogP contribution in [0.5, 0.6) is 5.75 Å². The first-order valence-electron chi connectivity index (χ1n) is 6.72. The Labute approximate surface area is 136 Å². The lowest BCUT2D eigenvalue weighted by Crippen LogP contribution is -2.24. The summed E-state index contributed by atoms with van der Waals surface area (Å²) in [5.74, 6) is -0.0892. The topological polar surface area (TPSA) is 84.1 Å². The number of nitrogens with zero attached hydrogens (tertiary/aromatic N) is 1. The van der Waals surface area contributed by atoms with E-state index in [-0.39, 0.29) is 5.69 Å². The summed E-state index contributed by atoms with van der Waals surface area (Å²) in [5.41, 5.74) is 0.299. The van der Waals surface area contributed by atoms with Crippen LogP contribution in [0.15, 0.2) is 47.3 Å². The van der Waals surface area contributed by atoms with E-state index in [4.69, 9.17) is 16.3 Å². The van der Waals surface area contributed by atoms with Gasteiger partial charge in [0.15, 0.2) is 5.69 Å². The summed E-state index contributed by atoms with van der Waals surface area (Å²) in [6.07, 6.45) is 0. The number of nitrogens with one attached hydrogen (secondary N) is 2. The van der Waals surface area contributed by atoms with E-state index in [2.05, 4.69) is 15.5 Å². The molecule has 0 aliphatic rings. The van der Waals surface area contributed by atoms with Crippen molar-refractivity contribution < 1.29 is 9.53 Å². The maximum absolute atomic E-state index is 12.5. The van der Waals surface area contributed by atoms with E-state index in [1.165, 1.54) is 7.11 Å². The van der Waals surface area contributed by atoms with Crippen LogP contribution in [0, 0.1) is 0 Å². The Balaban J connectivity index is 2.00. The number of ether oxygens (including phenoxy) is 1. The molecule has 3 aromatic rings. The molecule has 1 heterocycles. The number of amides is 1. The van der Waals surface area contributed by atoms with Crippen LogP contribution in [0.4, 0.5) is 5.69 Å². The standard InChI is InChI=1S/C16H12ClN3O3/c1-23-11-5-6-13-12(8-11)15(21)14(20-19-13)16(22)18-10-4-2-3-9(17)7-10/h2-8H,1H3,(H,18,22)(H,19,21). The van der Waals surface area contributed by atoms with Gasteiger partial charge in [-0.1, -0.05) is 17.7 Å². The number of hydrogen-bond donors (Lipinski definition) is 2. The SMILES string of the molecule is COc1ccc2[nH]nc(C(=O)Nc3cccc(Cl)c3)c(=O)c2c1. The van der Waals surface area contributed by atoms with E-state index in [1.54, 1.807) is 42.5 Å². The number of halogens is 1. The van der Waals surface area contributed by atoms with Crippen LogP contribution in [-0.2, 0) is 0 Å². The molecule has 0 fully saturated rings. The van der Waals surface area contributed by atoms with Gasteiger partial charge in [-0.25, -0.2) is 0 Å². The number of benzene rings is 2. The van der Waals surface area contributed by atoms with E-state index >= 15 is 0 Å². The number of H-pyrrole nitrogens is 1. The Hall–Kier alpha value is -2.86. The molecule has 0 saturated heterocycles. The molecule has 6 nitrogen and oxygen atoms in total. The molecule has 1 amide bonds. The van der Waals surface area contributed by atoms with Crippen LogP contribution in [0.25, 0.3) is 10.9 Å². The second-order valence-corrected chi connectivity index (χ2v) is 5.21. The molecule has 23 heavy (non-hydrogen) atoms. The van der Waals surface area contributed by atoms with Crippen molar-refractivity contribution in [3.8, 4) is 5.75 Å². The highest BCUT2D eigenvalue weighted by atomic mass is 35.5. The molecular weight excluding hydrogens is 318 g/mol. The molecule has 0 radical (unpaired) electrons. The van der Waals surface area contributed by atoms with Crippen LogP contribution < -0.4 is 15.5 Å². The summed E-state index contributed by atoms with van der Waals surface area (Å²) < 4.78 is 5.10. The molecule has 0 spiro atoms. The molecule has 0 unspecified atom stereocenters. The van der Waals surface area contributed by atoms with Crippen molar-refractivity contribution in [2.24, 2.45) is 0 Å². The summed E-state index contributed by atoms with van der Waals surface area (Å²) in [6.45, 7) is 0. The second-order valence-electron chi connectivity index (χ2n) is 4.78. The third-order valence-electron chi connectivity index (χ3n) is 3.27. The van der Waals surface area contributed by atoms with E-state index in [9.17, 15) is 9.59 Å². The van der Waals surface area contributed by atoms with Gasteiger partial charge in [0.05, 0.1) is 18.0 Å². The fraction of sp³-hybridized carbons (Fsp3) is 0.0625. The molecular formula is C16H12ClN3O3. The van der Waals surface area contributed by atoms with E-state index in [1.807, 2.05) is 0 Å². The third kappa shape index (κ3) is 3.02. The molecule has 0 bridgehead atoms. The monoisotopic (exact) mass is 329 g/mol. The number of carbonyl (C=O) groups excluding carboxylic acids is 1. The Morgan fingerprint density at radius 2 is 2.09 bits per heavy atom. The molecule has 0 atom stereocenters. The maximum Gasteiger partial charge on any atom is 0.280 e. The quantitative estimate of drug-likeness (QED) is 0.774. The summed E-state index contributed by atoms with van der Waals surface area (Å²) in [7, 11) is 1.50. The average molecular weight is 330 g/mol. The number of carbonyl (C=O) groups is 1. The summed E-state index contributed by atoms with van der Waals surface area (Å²) in [6, 6.07) is 11.6. The Bertz CT molecular complexity index is 953. The summed E-state index contributed by atoms with van der Waals surface area (Å²) in [4.78, 5) is 24.7. The van der Waals surface area contributed by atoms with Gasteiger partial charge in [0.1, 0.15) is 5.75 Å². The fourth-order valence-corrected chi connectivity index (χ4v) is 2.33. The van der Waals surface area contributed by atoms with Crippen molar-refractivity contribution >= 4 is 34.1 Å². The summed E-state index contributed by atoms with van der Waals surface area (Å²) in [5, 5.41) is 9.96. The van der Waals surface area contributed by atoms with Gasteiger partial charge in [-0.05, 0) is 36.4 Å². The number of aromatic amines is 1. The van der Waals surface area contributed by atoms with Crippen molar-refractivity contribution in [2.75, 3.05) is 12.4 Å².